The molecule has 0 fully saturated rings. The minimum Gasteiger partial charge on any atom is -0.386 e. The standard InChI is InChI=1S/C9H10ClFN2/c1-5(12)7-3-6(11)4-8(10)9(7)13-2/h3-4,12-13H,1-2H3. The zero-order valence-corrected chi connectivity index (χ0v) is 8.17. The van der Waals surface area contributed by atoms with E-state index in [0.717, 1.165) is 0 Å². The zero-order valence-electron chi connectivity index (χ0n) is 7.41. The fourth-order valence-corrected chi connectivity index (χ4v) is 1.42. The van der Waals surface area contributed by atoms with Crippen LogP contribution in [0.2, 0.25) is 5.02 Å². The maximum absolute atomic E-state index is 12.9. The third-order valence-electron chi connectivity index (χ3n) is 1.71. The molecule has 0 aromatic heterocycles. The lowest BCUT2D eigenvalue weighted by molar-refractivity contribution is 0.628. The number of hydrogen-bond donors (Lipinski definition) is 2. The third kappa shape index (κ3) is 1.98. The van der Waals surface area contributed by atoms with Crippen LogP contribution >= 0.6 is 11.6 Å². The first-order valence-corrected chi connectivity index (χ1v) is 4.16. The van der Waals surface area contributed by atoms with Crippen LogP contribution in [0.1, 0.15) is 12.5 Å². The quantitative estimate of drug-likeness (QED) is 0.708. The van der Waals surface area contributed by atoms with Crippen LogP contribution in [-0.2, 0) is 0 Å². The molecule has 0 bridgehead atoms. The van der Waals surface area contributed by atoms with Crippen molar-refractivity contribution in [2.24, 2.45) is 0 Å². The van der Waals surface area contributed by atoms with E-state index in [1.54, 1.807) is 14.0 Å². The summed E-state index contributed by atoms with van der Waals surface area (Å²) in [6, 6.07) is 2.51. The van der Waals surface area contributed by atoms with E-state index < -0.39 is 5.82 Å². The molecule has 0 saturated heterocycles. The summed E-state index contributed by atoms with van der Waals surface area (Å²) in [5.74, 6) is -0.425. The SMILES string of the molecule is CNc1c(Cl)cc(F)cc1C(C)=N. The second-order valence-electron chi connectivity index (χ2n) is 2.69. The van der Waals surface area contributed by atoms with Crippen molar-refractivity contribution < 1.29 is 4.39 Å². The lowest BCUT2D eigenvalue weighted by Gasteiger charge is -2.09. The Kier molecular flexibility index (Phi) is 2.88. The van der Waals surface area contributed by atoms with Gasteiger partial charge in [0.2, 0.25) is 0 Å². The van der Waals surface area contributed by atoms with Gasteiger partial charge >= 0.3 is 0 Å². The summed E-state index contributed by atoms with van der Waals surface area (Å²) in [6.07, 6.45) is 0. The summed E-state index contributed by atoms with van der Waals surface area (Å²) in [7, 11) is 1.69. The Hall–Kier alpha value is -1.09. The molecular formula is C9H10ClFN2. The van der Waals surface area contributed by atoms with Gasteiger partial charge in [-0.1, -0.05) is 11.6 Å². The van der Waals surface area contributed by atoms with Gasteiger partial charge in [0.05, 0.1) is 10.7 Å². The topological polar surface area (TPSA) is 35.9 Å². The molecule has 0 spiro atoms. The van der Waals surface area contributed by atoms with Crippen molar-refractivity contribution in [2.45, 2.75) is 6.92 Å². The minimum absolute atomic E-state index is 0.283. The van der Waals surface area contributed by atoms with E-state index in [2.05, 4.69) is 5.32 Å². The lowest BCUT2D eigenvalue weighted by Crippen LogP contribution is -2.01. The van der Waals surface area contributed by atoms with Gasteiger partial charge < -0.3 is 10.7 Å². The highest BCUT2D eigenvalue weighted by molar-refractivity contribution is 6.34. The Balaban J connectivity index is 3.38. The van der Waals surface area contributed by atoms with Crippen molar-refractivity contribution in [1.29, 1.82) is 5.41 Å². The monoisotopic (exact) mass is 200 g/mol. The van der Waals surface area contributed by atoms with Crippen molar-refractivity contribution in [2.75, 3.05) is 12.4 Å². The Morgan fingerprint density at radius 1 is 1.54 bits per heavy atom. The van der Waals surface area contributed by atoms with E-state index >= 15 is 0 Å². The molecule has 13 heavy (non-hydrogen) atoms. The van der Waals surface area contributed by atoms with Crippen LogP contribution in [0.5, 0.6) is 0 Å². The highest BCUT2D eigenvalue weighted by Gasteiger charge is 2.09. The Labute approximate surface area is 81.2 Å². The molecule has 0 aliphatic carbocycles. The van der Waals surface area contributed by atoms with Crippen molar-refractivity contribution in [3.8, 4) is 0 Å². The summed E-state index contributed by atoms with van der Waals surface area (Å²) < 4.78 is 12.9. The molecule has 70 valence electrons. The molecule has 0 unspecified atom stereocenters. The van der Waals surface area contributed by atoms with Gasteiger partial charge in [0.1, 0.15) is 5.82 Å². The van der Waals surface area contributed by atoms with Crippen molar-refractivity contribution >= 4 is 23.0 Å². The minimum atomic E-state index is -0.425. The number of halogens is 2. The fourth-order valence-electron chi connectivity index (χ4n) is 1.12. The summed E-state index contributed by atoms with van der Waals surface area (Å²) in [6.45, 7) is 1.59. The van der Waals surface area contributed by atoms with Gasteiger partial charge in [0.25, 0.3) is 0 Å². The van der Waals surface area contributed by atoms with Crippen molar-refractivity contribution in [3.05, 3.63) is 28.5 Å². The van der Waals surface area contributed by atoms with E-state index in [1.807, 2.05) is 0 Å². The molecule has 0 atom stereocenters. The van der Waals surface area contributed by atoms with Crippen LogP contribution in [0.3, 0.4) is 0 Å². The van der Waals surface area contributed by atoms with E-state index in [1.165, 1.54) is 12.1 Å². The molecule has 1 aromatic rings. The second-order valence-corrected chi connectivity index (χ2v) is 3.09. The molecule has 4 heteroatoms. The Morgan fingerprint density at radius 3 is 2.62 bits per heavy atom. The summed E-state index contributed by atoms with van der Waals surface area (Å²) >= 11 is 5.78. The molecule has 0 aliphatic rings. The predicted molar refractivity (Wildman–Crippen MR) is 53.5 cm³/mol. The number of nitrogens with one attached hydrogen (secondary N) is 2. The third-order valence-corrected chi connectivity index (χ3v) is 2.01. The Bertz CT molecular complexity index is 350. The second kappa shape index (κ2) is 3.75. The highest BCUT2D eigenvalue weighted by Crippen LogP contribution is 2.27. The summed E-state index contributed by atoms with van der Waals surface area (Å²) in [5.41, 5.74) is 1.37. The van der Waals surface area contributed by atoms with Crippen molar-refractivity contribution in [3.63, 3.8) is 0 Å². The molecule has 2 N–H and O–H groups in total. The molecule has 0 radical (unpaired) electrons. The Morgan fingerprint density at radius 2 is 2.15 bits per heavy atom. The highest BCUT2D eigenvalue weighted by atomic mass is 35.5. The van der Waals surface area contributed by atoms with Crippen LogP contribution in [-0.4, -0.2) is 12.8 Å². The van der Waals surface area contributed by atoms with Gasteiger partial charge in [-0.25, -0.2) is 4.39 Å². The molecule has 0 heterocycles. The van der Waals surface area contributed by atoms with Crippen LogP contribution in [0, 0.1) is 11.2 Å². The molecular weight excluding hydrogens is 191 g/mol. The van der Waals surface area contributed by atoms with Gasteiger partial charge in [0.15, 0.2) is 0 Å². The van der Waals surface area contributed by atoms with Gasteiger partial charge in [-0.15, -0.1) is 0 Å². The first-order chi connectivity index (χ1) is 6.06. The molecule has 1 aromatic carbocycles. The lowest BCUT2D eigenvalue weighted by atomic mass is 10.1. The first-order valence-electron chi connectivity index (χ1n) is 3.78. The van der Waals surface area contributed by atoms with E-state index in [-0.39, 0.29) is 5.71 Å². The maximum Gasteiger partial charge on any atom is 0.125 e. The van der Waals surface area contributed by atoms with Crippen LogP contribution in [0.4, 0.5) is 10.1 Å². The van der Waals surface area contributed by atoms with Gasteiger partial charge in [-0.05, 0) is 19.1 Å². The molecule has 2 nitrogen and oxygen atoms in total. The molecule has 0 amide bonds. The van der Waals surface area contributed by atoms with Crippen LogP contribution in [0.25, 0.3) is 0 Å². The van der Waals surface area contributed by atoms with Gasteiger partial charge in [-0.3, -0.25) is 0 Å². The average molecular weight is 201 g/mol. The smallest absolute Gasteiger partial charge is 0.125 e. The average Bonchev–Trinajstić information content (AvgIpc) is 2.02. The maximum atomic E-state index is 12.9. The largest absolute Gasteiger partial charge is 0.386 e. The zero-order chi connectivity index (χ0) is 10.0. The number of benzene rings is 1. The van der Waals surface area contributed by atoms with Gasteiger partial charge in [-0.2, -0.15) is 0 Å². The number of hydrogen-bond acceptors (Lipinski definition) is 2. The fraction of sp³-hybridized carbons (Fsp3) is 0.222. The summed E-state index contributed by atoms with van der Waals surface area (Å²) in [5, 5.41) is 10.5. The summed E-state index contributed by atoms with van der Waals surface area (Å²) in [4.78, 5) is 0. The van der Waals surface area contributed by atoms with Gasteiger partial charge in [0, 0.05) is 18.3 Å². The van der Waals surface area contributed by atoms with Crippen LogP contribution < -0.4 is 5.32 Å². The molecule has 0 saturated carbocycles. The normalized spacial score (nSPS) is 9.85. The molecule has 1 rings (SSSR count). The van der Waals surface area contributed by atoms with E-state index in [9.17, 15) is 4.39 Å². The number of anilines is 1. The van der Waals surface area contributed by atoms with Crippen LogP contribution in [0.15, 0.2) is 12.1 Å². The number of rotatable bonds is 2. The van der Waals surface area contributed by atoms with E-state index in [4.69, 9.17) is 17.0 Å². The predicted octanol–water partition coefficient (Wildman–Crippen LogP) is 2.91. The van der Waals surface area contributed by atoms with E-state index in [0.29, 0.717) is 16.3 Å². The van der Waals surface area contributed by atoms with Crippen molar-refractivity contribution in [1.82, 2.24) is 0 Å². The molecule has 0 aliphatic heterocycles. The first kappa shape index (κ1) is 9.99.